The summed E-state index contributed by atoms with van der Waals surface area (Å²) in [7, 11) is 0. The quantitative estimate of drug-likeness (QED) is 0.747. The molecular formula is C24H28N6O2. The van der Waals surface area contributed by atoms with Gasteiger partial charge in [0, 0.05) is 37.6 Å². The van der Waals surface area contributed by atoms with Gasteiger partial charge >= 0.3 is 0 Å². The number of nitrogens with one attached hydrogen (secondary N) is 1. The molecule has 2 aromatic rings. The van der Waals surface area contributed by atoms with Crippen molar-refractivity contribution >= 4 is 28.9 Å². The molecule has 2 N–H and O–H groups in total. The fourth-order valence-corrected chi connectivity index (χ4v) is 4.81. The van der Waals surface area contributed by atoms with E-state index in [4.69, 9.17) is 0 Å². The van der Waals surface area contributed by atoms with Crippen LogP contribution in [-0.2, 0) is 4.79 Å². The number of rotatable bonds is 5. The first kappa shape index (κ1) is 20.7. The summed E-state index contributed by atoms with van der Waals surface area (Å²) in [6.45, 7) is 4.06. The number of carbonyl (C=O) groups is 1. The lowest BCUT2D eigenvalue weighted by atomic mass is 9.83. The van der Waals surface area contributed by atoms with Gasteiger partial charge < -0.3 is 20.2 Å². The molecule has 0 radical (unpaired) electrons. The molecule has 2 aromatic heterocycles. The van der Waals surface area contributed by atoms with Crippen molar-refractivity contribution in [2.45, 2.75) is 44.6 Å². The lowest BCUT2D eigenvalue weighted by Crippen LogP contribution is -2.42. The summed E-state index contributed by atoms with van der Waals surface area (Å²) >= 11 is 0. The van der Waals surface area contributed by atoms with E-state index in [9.17, 15) is 15.2 Å². The maximum Gasteiger partial charge on any atom is 0.247 e. The Bertz CT molecular complexity index is 1050. The zero-order chi connectivity index (χ0) is 22.3. The molecule has 8 heteroatoms. The number of nitrogens with zero attached hydrogens (tertiary/aromatic N) is 5. The molecule has 32 heavy (non-hydrogen) atoms. The van der Waals surface area contributed by atoms with Gasteiger partial charge in [-0.2, -0.15) is 5.26 Å². The Hall–Kier alpha value is -3.18. The number of aromatic nitrogens is 2. The molecule has 166 valence electrons. The number of hydrogen-bond donors (Lipinski definition) is 2. The molecule has 1 atom stereocenters. The van der Waals surface area contributed by atoms with Crippen molar-refractivity contribution in [1.29, 1.82) is 5.26 Å². The predicted molar refractivity (Wildman–Crippen MR) is 122 cm³/mol. The Morgan fingerprint density at radius 2 is 1.88 bits per heavy atom. The number of pyridine rings is 2. The van der Waals surface area contributed by atoms with Gasteiger partial charge in [-0.05, 0) is 63.1 Å². The van der Waals surface area contributed by atoms with Crippen LogP contribution in [0.25, 0.3) is 0 Å². The van der Waals surface area contributed by atoms with Crippen molar-refractivity contribution in [3.63, 3.8) is 0 Å². The van der Waals surface area contributed by atoms with E-state index in [0.29, 0.717) is 24.6 Å². The zero-order valence-electron chi connectivity index (χ0n) is 18.3. The SMILES string of the molecule is CC1(O)CCN(c2ccc(Nc3cc(N4CC[C@@](C#N)(C5CC5)C4=O)ccn3)nc2)CC1. The zero-order valence-corrected chi connectivity index (χ0v) is 18.3. The largest absolute Gasteiger partial charge is 0.390 e. The topological polar surface area (TPSA) is 105 Å². The van der Waals surface area contributed by atoms with Gasteiger partial charge in [0.1, 0.15) is 17.1 Å². The second kappa shape index (κ2) is 7.75. The van der Waals surface area contributed by atoms with E-state index in [1.54, 1.807) is 11.1 Å². The molecule has 0 aromatic carbocycles. The summed E-state index contributed by atoms with van der Waals surface area (Å²) in [6.07, 6.45) is 7.51. The summed E-state index contributed by atoms with van der Waals surface area (Å²) in [5, 5.41) is 23.1. The second-order valence-corrected chi connectivity index (χ2v) is 9.47. The molecule has 5 rings (SSSR count). The maximum atomic E-state index is 13.1. The van der Waals surface area contributed by atoms with Gasteiger partial charge in [-0.15, -0.1) is 0 Å². The van der Waals surface area contributed by atoms with Crippen molar-refractivity contribution in [3.05, 3.63) is 36.7 Å². The fourth-order valence-electron chi connectivity index (χ4n) is 4.81. The fraction of sp³-hybridized carbons (Fsp3) is 0.500. The Labute approximate surface area is 187 Å². The van der Waals surface area contributed by atoms with Crippen LogP contribution in [0, 0.1) is 22.7 Å². The molecule has 3 fully saturated rings. The monoisotopic (exact) mass is 432 g/mol. The molecule has 3 aliphatic rings. The smallest absolute Gasteiger partial charge is 0.247 e. The van der Waals surface area contributed by atoms with Gasteiger partial charge in [0.15, 0.2) is 0 Å². The molecule has 0 bridgehead atoms. The minimum Gasteiger partial charge on any atom is -0.390 e. The van der Waals surface area contributed by atoms with E-state index in [-0.39, 0.29) is 11.8 Å². The summed E-state index contributed by atoms with van der Waals surface area (Å²) in [6, 6.07) is 9.90. The van der Waals surface area contributed by atoms with E-state index in [0.717, 1.165) is 50.1 Å². The highest BCUT2D eigenvalue weighted by Crippen LogP contribution is 2.51. The molecule has 4 heterocycles. The maximum absolute atomic E-state index is 13.1. The first-order valence-corrected chi connectivity index (χ1v) is 11.3. The lowest BCUT2D eigenvalue weighted by Gasteiger charge is -2.36. The number of nitriles is 1. The normalized spacial score (nSPS) is 25.0. The molecule has 1 amide bonds. The van der Waals surface area contributed by atoms with E-state index < -0.39 is 11.0 Å². The third kappa shape index (κ3) is 3.78. The molecule has 2 saturated heterocycles. The molecule has 1 aliphatic carbocycles. The van der Waals surface area contributed by atoms with Crippen LogP contribution in [-0.4, -0.2) is 46.2 Å². The van der Waals surface area contributed by atoms with Gasteiger partial charge in [-0.1, -0.05) is 0 Å². The van der Waals surface area contributed by atoms with Crippen LogP contribution in [0.3, 0.4) is 0 Å². The molecule has 8 nitrogen and oxygen atoms in total. The van der Waals surface area contributed by atoms with Crippen LogP contribution in [0.5, 0.6) is 0 Å². The van der Waals surface area contributed by atoms with Crippen LogP contribution in [0.2, 0.25) is 0 Å². The van der Waals surface area contributed by atoms with E-state index in [1.807, 2.05) is 37.4 Å². The number of anilines is 4. The summed E-state index contributed by atoms with van der Waals surface area (Å²) in [5.41, 5.74) is 0.353. The van der Waals surface area contributed by atoms with Crippen LogP contribution in [0.1, 0.15) is 39.0 Å². The minimum absolute atomic E-state index is 0.0809. The van der Waals surface area contributed by atoms with Gasteiger partial charge in [0.05, 0.1) is 23.6 Å². The van der Waals surface area contributed by atoms with Crippen molar-refractivity contribution < 1.29 is 9.90 Å². The third-order valence-corrected chi connectivity index (χ3v) is 7.10. The highest BCUT2D eigenvalue weighted by Gasteiger charge is 2.56. The molecule has 1 saturated carbocycles. The second-order valence-electron chi connectivity index (χ2n) is 9.47. The Morgan fingerprint density at radius 3 is 2.53 bits per heavy atom. The van der Waals surface area contributed by atoms with Crippen molar-refractivity contribution in [2.75, 3.05) is 34.8 Å². The van der Waals surface area contributed by atoms with Gasteiger partial charge in [-0.25, -0.2) is 9.97 Å². The van der Waals surface area contributed by atoms with E-state index in [1.165, 1.54) is 0 Å². The minimum atomic E-state index is -0.851. The molecule has 2 aliphatic heterocycles. The molecular weight excluding hydrogens is 404 g/mol. The molecule has 0 unspecified atom stereocenters. The van der Waals surface area contributed by atoms with E-state index in [2.05, 4.69) is 26.3 Å². The van der Waals surface area contributed by atoms with Gasteiger partial charge in [0.25, 0.3) is 0 Å². The van der Waals surface area contributed by atoms with Crippen LogP contribution in [0.4, 0.5) is 23.0 Å². The summed E-state index contributed by atoms with van der Waals surface area (Å²) in [5.74, 6) is 1.39. The third-order valence-electron chi connectivity index (χ3n) is 7.10. The van der Waals surface area contributed by atoms with Crippen molar-refractivity contribution in [2.24, 2.45) is 11.3 Å². The predicted octanol–water partition coefficient (Wildman–Crippen LogP) is 3.23. The highest BCUT2D eigenvalue weighted by molar-refractivity contribution is 6.02. The van der Waals surface area contributed by atoms with E-state index >= 15 is 0 Å². The van der Waals surface area contributed by atoms with Crippen LogP contribution >= 0.6 is 0 Å². The summed E-state index contributed by atoms with van der Waals surface area (Å²) in [4.78, 5) is 25.9. The average Bonchev–Trinajstić information content (AvgIpc) is 3.58. The Morgan fingerprint density at radius 1 is 1.09 bits per heavy atom. The first-order chi connectivity index (χ1) is 15.4. The first-order valence-electron chi connectivity index (χ1n) is 11.3. The van der Waals surface area contributed by atoms with Crippen LogP contribution < -0.4 is 15.1 Å². The Balaban J connectivity index is 1.27. The summed E-state index contributed by atoms with van der Waals surface area (Å²) < 4.78 is 0. The number of aliphatic hydroxyl groups is 1. The van der Waals surface area contributed by atoms with Crippen LogP contribution in [0.15, 0.2) is 36.7 Å². The van der Waals surface area contributed by atoms with Crippen molar-refractivity contribution in [1.82, 2.24) is 9.97 Å². The lowest BCUT2D eigenvalue weighted by molar-refractivity contribution is -0.123. The molecule has 0 spiro atoms. The van der Waals surface area contributed by atoms with Gasteiger partial charge in [-0.3, -0.25) is 4.79 Å². The standard InChI is InChI=1S/C24H28N6O2/c1-23(32)7-11-29(12-8-23)19-4-5-20(27-15-19)28-21-14-18(6-10-26-21)30-13-9-24(16-25,22(30)31)17-2-3-17/h4-6,10,14-15,17,32H,2-3,7-9,11-13H2,1H3,(H,26,27,28)/t24-/m1/s1. The number of hydrogen-bond acceptors (Lipinski definition) is 7. The number of piperidine rings is 1. The Kier molecular flexibility index (Phi) is 5.01. The van der Waals surface area contributed by atoms with Gasteiger partial charge in [0.2, 0.25) is 5.91 Å². The average molecular weight is 433 g/mol. The number of carbonyl (C=O) groups excluding carboxylic acids is 1. The highest BCUT2D eigenvalue weighted by atomic mass is 16.3. The number of amides is 1. The van der Waals surface area contributed by atoms with Crippen molar-refractivity contribution in [3.8, 4) is 6.07 Å².